The third-order valence-electron chi connectivity index (χ3n) is 2.51. The van der Waals surface area contributed by atoms with Crippen molar-refractivity contribution in [1.82, 2.24) is 0 Å². The SMILES string of the molecule is CCCS(=O)Cc1cccc(CS(=O)CCC)c1. The molecular formula is C14H22O2S2. The van der Waals surface area contributed by atoms with Crippen LogP contribution in [0, 0.1) is 0 Å². The lowest BCUT2D eigenvalue weighted by Gasteiger charge is -2.05. The van der Waals surface area contributed by atoms with Gasteiger partial charge in [0.2, 0.25) is 0 Å². The highest BCUT2D eigenvalue weighted by molar-refractivity contribution is 7.84. The molecule has 1 aromatic rings. The molecule has 2 nitrogen and oxygen atoms in total. The van der Waals surface area contributed by atoms with E-state index in [1.807, 2.05) is 38.1 Å². The van der Waals surface area contributed by atoms with E-state index < -0.39 is 21.6 Å². The molecule has 0 aromatic heterocycles. The minimum atomic E-state index is -0.771. The molecule has 0 heterocycles. The van der Waals surface area contributed by atoms with E-state index in [9.17, 15) is 8.42 Å². The summed E-state index contributed by atoms with van der Waals surface area (Å²) in [7, 11) is -1.54. The maximum Gasteiger partial charge on any atom is 0.0485 e. The number of hydrogen-bond acceptors (Lipinski definition) is 2. The molecule has 0 saturated carbocycles. The van der Waals surface area contributed by atoms with Crippen molar-refractivity contribution in [2.24, 2.45) is 0 Å². The molecule has 0 fully saturated rings. The molecule has 18 heavy (non-hydrogen) atoms. The molecule has 1 rings (SSSR count). The first-order valence-electron chi connectivity index (χ1n) is 6.43. The van der Waals surface area contributed by atoms with Crippen molar-refractivity contribution >= 4 is 21.6 Å². The fraction of sp³-hybridized carbons (Fsp3) is 0.571. The van der Waals surface area contributed by atoms with Crippen molar-refractivity contribution in [2.75, 3.05) is 11.5 Å². The topological polar surface area (TPSA) is 34.1 Å². The molecule has 0 aliphatic carbocycles. The van der Waals surface area contributed by atoms with Crippen LogP contribution in [-0.2, 0) is 33.1 Å². The summed E-state index contributed by atoms with van der Waals surface area (Å²) in [4.78, 5) is 0. The number of hydrogen-bond donors (Lipinski definition) is 0. The summed E-state index contributed by atoms with van der Waals surface area (Å²) in [6.07, 6.45) is 1.90. The lowest BCUT2D eigenvalue weighted by molar-refractivity contribution is 0.681. The van der Waals surface area contributed by atoms with Crippen LogP contribution >= 0.6 is 0 Å². The van der Waals surface area contributed by atoms with E-state index in [1.54, 1.807) is 0 Å². The van der Waals surface area contributed by atoms with Crippen molar-refractivity contribution in [3.63, 3.8) is 0 Å². The predicted molar refractivity (Wildman–Crippen MR) is 80.5 cm³/mol. The molecule has 4 heteroatoms. The van der Waals surface area contributed by atoms with Gasteiger partial charge in [-0.25, -0.2) is 0 Å². The molecular weight excluding hydrogens is 264 g/mol. The molecule has 2 atom stereocenters. The minimum Gasteiger partial charge on any atom is -0.259 e. The smallest absolute Gasteiger partial charge is 0.0485 e. The van der Waals surface area contributed by atoms with E-state index in [0.29, 0.717) is 11.5 Å². The quantitative estimate of drug-likeness (QED) is 0.736. The Morgan fingerprint density at radius 2 is 1.33 bits per heavy atom. The van der Waals surface area contributed by atoms with Crippen LogP contribution in [0.3, 0.4) is 0 Å². The zero-order valence-corrected chi connectivity index (χ0v) is 12.8. The Hall–Kier alpha value is -0.480. The van der Waals surface area contributed by atoms with Crippen molar-refractivity contribution in [2.45, 2.75) is 38.2 Å². The lowest BCUT2D eigenvalue weighted by Crippen LogP contribution is -2.02. The fourth-order valence-corrected chi connectivity index (χ4v) is 4.08. The molecule has 0 amide bonds. The average molecular weight is 286 g/mol. The second kappa shape index (κ2) is 8.59. The Morgan fingerprint density at radius 3 is 1.72 bits per heavy atom. The van der Waals surface area contributed by atoms with Crippen LogP contribution in [-0.4, -0.2) is 19.9 Å². The Balaban J connectivity index is 2.61. The van der Waals surface area contributed by atoms with Crippen LogP contribution in [0.5, 0.6) is 0 Å². The Kier molecular flexibility index (Phi) is 7.44. The Bertz CT molecular complexity index is 381. The second-order valence-electron chi connectivity index (χ2n) is 4.40. The molecule has 2 unspecified atom stereocenters. The summed E-state index contributed by atoms with van der Waals surface area (Å²) in [6, 6.07) is 8.01. The fourth-order valence-electron chi connectivity index (χ4n) is 1.78. The summed E-state index contributed by atoms with van der Waals surface area (Å²) < 4.78 is 23.4. The lowest BCUT2D eigenvalue weighted by atomic mass is 10.2. The van der Waals surface area contributed by atoms with Gasteiger partial charge in [0.15, 0.2) is 0 Å². The van der Waals surface area contributed by atoms with Gasteiger partial charge in [0.25, 0.3) is 0 Å². The second-order valence-corrected chi connectivity index (χ2v) is 7.55. The van der Waals surface area contributed by atoms with Crippen LogP contribution in [0.25, 0.3) is 0 Å². The third kappa shape index (κ3) is 5.91. The maximum absolute atomic E-state index is 11.7. The molecule has 0 spiro atoms. The van der Waals surface area contributed by atoms with Crippen LogP contribution in [0.4, 0.5) is 0 Å². The van der Waals surface area contributed by atoms with Gasteiger partial charge < -0.3 is 0 Å². The van der Waals surface area contributed by atoms with Crippen molar-refractivity contribution < 1.29 is 8.42 Å². The van der Waals surface area contributed by atoms with Crippen molar-refractivity contribution in [3.05, 3.63) is 35.4 Å². The summed E-state index contributed by atoms with van der Waals surface area (Å²) in [5.74, 6) is 2.74. The Morgan fingerprint density at radius 1 is 0.889 bits per heavy atom. The van der Waals surface area contributed by atoms with E-state index in [-0.39, 0.29) is 0 Å². The third-order valence-corrected chi connectivity index (χ3v) is 5.55. The monoisotopic (exact) mass is 286 g/mol. The predicted octanol–water partition coefficient (Wildman–Crippen LogP) is 3.00. The molecule has 0 aliphatic rings. The summed E-state index contributed by atoms with van der Waals surface area (Å²) >= 11 is 0. The summed E-state index contributed by atoms with van der Waals surface area (Å²) in [6.45, 7) is 4.09. The van der Waals surface area contributed by atoms with Crippen molar-refractivity contribution in [3.8, 4) is 0 Å². The molecule has 0 radical (unpaired) electrons. The van der Waals surface area contributed by atoms with Gasteiger partial charge >= 0.3 is 0 Å². The summed E-state index contributed by atoms with van der Waals surface area (Å²) in [5.41, 5.74) is 2.18. The van der Waals surface area contributed by atoms with Gasteiger partial charge in [-0.05, 0) is 24.0 Å². The maximum atomic E-state index is 11.7. The molecule has 102 valence electrons. The van der Waals surface area contributed by atoms with Crippen molar-refractivity contribution in [1.29, 1.82) is 0 Å². The molecule has 1 aromatic carbocycles. The Labute approximate surface area is 115 Å². The minimum absolute atomic E-state index is 0.613. The highest BCUT2D eigenvalue weighted by atomic mass is 32.2. The van der Waals surface area contributed by atoms with Gasteiger partial charge in [-0.1, -0.05) is 38.1 Å². The van der Waals surface area contributed by atoms with Crippen LogP contribution in [0.2, 0.25) is 0 Å². The first-order valence-corrected chi connectivity index (χ1v) is 9.41. The van der Waals surface area contributed by atoms with E-state index in [1.165, 1.54) is 0 Å². The van der Waals surface area contributed by atoms with Gasteiger partial charge in [0, 0.05) is 44.6 Å². The molecule has 0 saturated heterocycles. The first kappa shape index (κ1) is 15.6. The zero-order valence-electron chi connectivity index (χ0n) is 11.2. The van der Waals surface area contributed by atoms with E-state index in [2.05, 4.69) is 0 Å². The van der Waals surface area contributed by atoms with Crippen LogP contribution in [0.1, 0.15) is 37.8 Å². The van der Waals surface area contributed by atoms with Gasteiger partial charge in [-0.3, -0.25) is 8.42 Å². The normalized spacial score (nSPS) is 14.3. The number of benzene rings is 1. The number of rotatable bonds is 8. The average Bonchev–Trinajstić information content (AvgIpc) is 2.29. The van der Waals surface area contributed by atoms with E-state index >= 15 is 0 Å². The zero-order chi connectivity index (χ0) is 13.4. The molecule has 0 bridgehead atoms. The van der Waals surface area contributed by atoms with Crippen LogP contribution in [0.15, 0.2) is 24.3 Å². The van der Waals surface area contributed by atoms with Gasteiger partial charge in [-0.2, -0.15) is 0 Å². The first-order chi connectivity index (χ1) is 8.65. The highest BCUT2D eigenvalue weighted by Crippen LogP contribution is 2.11. The highest BCUT2D eigenvalue weighted by Gasteiger charge is 2.04. The van der Waals surface area contributed by atoms with Gasteiger partial charge in [0.1, 0.15) is 0 Å². The van der Waals surface area contributed by atoms with Gasteiger partial charge in [0.05, 0.1) is 0 Å². The summed E-state index contributed by atoms with van der Waals surface area (Å²) in [5, 5.41) is 0. The van der Waals surface area contributed by atoms with E-state index in [0.717, 1.165) is 35.5 Å². The van der Waals surface area contributed by atoms with Crippen LogP contribution < -0.4 is 0 Å². The standard InChI is InChI=1S/C14H22O2S2/c1-3-8-17(15)11-13-6-5-7-14(10-13)12-18(16)9-4-2/h5-7,10H,3-4,8-9,11-12H2,1-2H3. The van der Waals surface area contributed by atoms with Gasteiger partial charge in [-0.15, -0.1) is 0 Å². The van der Waals surface area contributed by atoms with E-state index in [4.69, 9.17) is 0 Å². The largest absolute Gasteiger partial charge is 0.259 e. The molecule has 0 N–H and O–H groups in total. The molecule has 0 aliphatic heterocycles.